The van der Waals surface area contributed by atoms with Crippen LogP contribution in [0.3, 0.4) is 0 Å². The normalized spacial score (nSPS) is 12.7. The molecule has 5 heteroatoms. The van der Waals surface area contributed by atoms with Crippen LogP contribution in [-0.4, -0.2) is 4.98 Å². The van der Waals surface area contributed by atoms with E-state index in [0.717, 1.165) is 15.6 Å². The number of benzene rings is 1. The Morgan fingerprint density at radius 1 is 1.44 bits per heavy atom. The van der Waals surface area contributed by atoms with E-state index < -0.39 is 0 Å². The molecule has 0 spiro atoms. The average molecular weight is 285 g/mol. The second kappa shape index (κ2) is 5.34. The van der Waals surface area contributed by atoms with Gasteiger partial charge < -0.3 is 5.73 Å². The summed E-state index contributed by atoms with van der Waals surface area (Å²) in [6, 6.07) is 4.40. The fourth-order valence-electron chi connectivity index (χ4n) is 1.93. The summed E-state index contributed by atoms with van der Waals surface area (Å²) in [6.45, 7) is 3.85. The third-order valence-electron chi connectivity index (χ3n) is 2.76. The van der Waals surface area contributed by atoms with Crippen LogP contribution in [0.4, 0.5) is 4.39 Å². The largest absolute Gasteiger partial charge is 0.323 e. The first kappa shape index (κ1) is 13.5. The molecule has 0 radical (unpaired) electrons. The molecule has 18 heavy (non-hydrogen) atoms. The van der Waals surface area contributed by atoms with E-state index in [1.807, 2.05) is 13.8 Å². The number of thiazole rings is 1. The van der Waals surface area contributed by atoms with Crippen LogP contribution in [0.25, 0.3) is 0 Å². The summed E-state index contributed by atoms with van der Waals surface area (Å²) in [5.41, 5.74) is 7.51. The Hall–Kier alpha value is -0.970. The van der Waals surface area contributed by atoms with Gasteiger partial charge in [0, 0.05) is 21.5 Å². The van der Waals surface area contributed by atoms with E-state index in [0.29, 0.717) is 17.0 Å². The lowest BCUT2D eigenvalue weighted by atomic mass is 10.0. The van der Waals surface area contributed by atoms with Gasteiger partial charge in [-0.05, 0) is 32.4 Å². The molecule has 0 aliphatic heterocycles. The molecule has 0 aliphatic rings. The maximum absolute atomic E-state index is 13.7. The average Bonchev–Trinajstić information content (AvgIpc) is 2.63. The van der Waals surface area contributed by atoms with Gasteiger partial charge in [0.15, 0.2) is 0 Å². The van der Waals surface area contributed by atoms with Gasteiger partial charge in [0.05, 0.1) is 10.7 Å². The van der Waals surface area contributed by atoms with Crippen LogP contribution in [-0.2, 0) is 6.42 Å². The lowest BCUT2D eigenvalue weighted by Crippen LogP contribution is -2.14. The highest BCUT2D eigenvalue weighted by atomic mass is 35.5. The molecule has 0 aliphatic carbocycles. The molecule has 0 fully saturated rings. The van der Waals surface area contributed by atoms with Crippen molar-refractivity contribution in [1.29, 1.82) is 0 Å². The molecule has 0 saturated carbocycles. The zero-order chi connectivity index (χ0) is 13.3. The van der Waals surface area contributed by atoms with Crippen molar-refractivity contribution in [3.8, 4) is 0 Å². The first-order valence-corrected chi connectivity index (χ1v) is 6.81. The Morgan fingerprint density at radius 2 is 2.17 bits per heavy atom. The van der Waals surface area contributed by atoms with Crippen LogP contribution >= 0.6 is 22.9 Å². The maximum Gasteiger partial charge on any atom is 0.127 e. The molecule has 0 amide bonds. The highest BCUT2D eigenvalue weighted by Crippen LogP contribution is 2.29. The van der Waals surface area contributed by atoms with Gasteiger partial charge in [-0.25, -0.2) is 9.37 Å². The van der Waals surface area contributed by atoms with E-state index >= 15 is 0 Å². The first-order valence-electron chi connectivity index (χ1n) is 5.61. The number of hydrogen-bond donors (Lipinski definition) is 1. The lowest BCUT2D eigenvalue weighted by Gasteiger charge is -2.12. The first-order chi connectivity index (χ1) is 8.49. The van der Waals surface area contributed by atoms with Gasteiger partial charge in [0.1, 0.15) is 5.82 Å². The highest BCUT2D eigenvalue weighted by Gasteiger charge is 2.17. The molecule has 96 valence electrons. The van der Waals surface area contributed by atoms with E-state index in [2.05, 4.69) is 4.98 Å². The van der Waals surface area contributed by atoms with Crippen molar-refractivity contribution in [3.63, 3.8) is 0 Å². The molecular formula is C13H14ClFN2S. The molecule has 1 atom stereocenters. The molecule has 2 aromatic rings. The molecule has 2 N–H and O–H groups in total. The molecule has 1 unspecified atom stereocenters. The molecule has 2 rings (SSSR count). The minimum Gasteiger partial charge on any atom is -0.323 e. The van der Waals surface area contributed by atoms with Gasteiger partial charge in [-0.2, -0.15) is 0 Å². The Balaban J connectivity index is 2.26. The number of nitrogens with two attached hydrogens (primary N) is 1. The molecule has 1 aromatic heterocycles. The van der Waals surface area contributed by atoms with Crippen molar-refractivity contribution in [2.24, 2.45) is 5.73 Å². The summed E-state index contributed by atoms with van der Waals surface area (Å²) in [4.78, 5) is 5.32. The fourth-order valence-corrected chi connectivity index (χ4v) is 3.10. The Morgan fingerprint density at radius 3 is 2.72 bits per heavy atom. The smallest absolute Gasteiger partial charge is 0.127 e. The third-order valence-corrected chi connectivity index (χ3v) is 4.32. The molecule has 1 aromatic carbocycles. The molecule has 1 heterocycles. The molecular weight excluding hydrogens is 271 g/mol. The van der Waals surface area contributed by atoms with Crippen LogP contribution in [0.5, 0.6) is 0 Å². The van der Waals surface area contributed by atoms with Crippen LogP contribution in [0, 0.1) is 19.7 Å². The predicted molar refractivity (Wildman–Crippen MR) is 73.6 cm³/mol. The zero-order valence-corrected chi connectivity index (χ0v) is 11.8. The topological polar surface area (TPSA) is 38.9 Å². The van der Waals surface area contributed by atoms with Gasteiger partial charge in [0.25, 0.3) is 0 Å². The maximum atomic E-state index is 13.7. The van der Waals surface area contributed by atoms with Crippen LogP contribution in [0.2, 0.25) is 5.02 Å². The second-order valence-corrected chi connectivity index (χ2v) is 5.84. The molecule has 2 nitrogen and oxygen atoms in total. The van der Waals surface area contributed by atoms with Gasteiger partial charge in [-0.15, -0.1) is 11.3 Å². The van der Waals surface area contributed by atoms with E-state index in [-0.39, 0.29) is 11.9 Å². The number of rotatable bonds is 3. The number of aryl methyl sites for hydroxylation is 2. The van der Waals surface area contributed by atoms with Crippen molar-refractivity contribution in [1.82, 2.24) is 4.98 Å². The summed E-state index contributed by atoms with van der Waals surface area (Å²) in [5, 5.41) is 1.39. The van der Waals surface area contributed by atoms with Gasteiger partial charge in [0.2, 0.25) is 0 Å². The van der Waals surface area contributed by atoms with Crippen LogP contribution in [0.1, 0.15) is 27.2 Å². The summed E-state index contributed by atoms with van der Waals surface area (Å²) in [6.07, 6.45) is 0.383. The van der Waals surface area contributed by atoms with Gasteiger partial charge >= 0.3 is 0 Å². The standard InChI is InChI=1S/C13H14ClFN2S/c1-7-13(18-8(2)17-7)12(16)6-9-10(14)4-3-5-11(9)15/h3-5,12H,6,16H2,1-2H3. The summed E-state index contributed by atoms with van der Waals surface area (Å²) in [7, 11) is 0. The molecule has 0 saturated heterocycles. The van der Waals surface area contributed by atoms with Crippen molar-refractivity contribution in [2.75, 3.05) is 0 Å². The van der Waals surface area contributed by atoms with Crippen LogP contribution < -0.4 is 5.73 Å². The van der Waals surface area contributed by atoms with E-state index in [1.165, 1.54) is 6.07 Å². The third kappa shape index (κ3) is 2.71. The zero-order valence-electron chi connectivity index (χ0n) is 10.2. The monoisotopic (exact) mass is 284 g/mol. The van der Waals surface area contributed by atoms with Gasteiger partial charge in [-0.1, -0.05) is 17.7 Å². The number of nitrogens with zero attached hydrogens (tertiary/aromatic N) is 1. The molecule has 0 bridgehead atoms. The minimum atomic E-state index is -0.308. The van der Waals surface area contributed by atoms with E-state index in [1.54, 1.807) is 23.5 Å². The summed E-state index contributed by atoms with van der Waals surface area (Å²) >= 11 is 7.55. The second-order valence-electron chi connectivity index (χ2n) is 4.19. The van der Waals surface area contributed by atoms with Crippen molar-refractivity contribution < 1.29 is 4.39 Å². The SMILES string of the molecule is Cc1nc(C)c(C(N)Cc2c(F)cccc2Cl)s1. The number of halogens is 2. The van der Waals surface area contributed by atoms with Crippen molar-refractivity contribution in [3.05, 3.63) is 50.2 Å². The number of hydrogen-bond acceptors (Lipinski definition) is 3. The number of aromatic nitrogens is 1. The predicted octanol–water partition coefficient (Wildman–Crippen LogP) is 3.79. The van der Waals surface area contributed by atoms with E-state index in [4.69, 9.17) is 17.3 Å². The fraction of sp³-hybridized carbons (Fsp3) is 0.308. The highest BCUT2D eigenvalue weighted by molar-refractivity contribution is 7.11. The summed E-state index contributed by atoms with van der Waals surface area (Å²) in [5.74, 6) is -0.308. The van der Waals surface area contributed by atoms with Gasteiger partial charge in [-0.3, -0.25) is 0 Å². The Labute approximate surface area is 115 Å². The Kier molecular flexibility index (Phi) is 4.00. The van der Waals surface area contributed by atoms with E-state index in [9.17, 15) is 4.39 Å². The lowest BCUT2D eigenvalue weighted by molar-refractivity contribution is 0.594. The minimum absolute atomic E-state index is 0.273. The Bertz CT molecular complexity index is 548. The summed E-state index contributed by atoms with van der Waals surface area (Å²) < 4.78 is 13.7. The van der Waals surface area contributed by atoms with Crippen LogP contribution in [0.15, 0.2) is 18.2 Å². The van der Waals surface area contributed by atoms with Crippen molar-refractivity contribution >= 4 is 22.9 Å². The van der Waals surface area contributed by atoms with Crippen molar-refractivity contribution in [2.45, 2.75) is 26.3 Å². The quantitative estimate of drug-likeness (QED) is 0.931.